The lowest BCUT2D eigenvalue weighted by Crippen LogP contribution is -2.37. The van der Waals surface area contributed by atoms with E-state index in [9.17, 15) is 14.3 Å². The smallest absolute Gasteiger partial charge is 0.319 e. The third-order valence-electron chi connectivity index (χ3n) is 3.69. The molecule has 3 rings (SSSR count). The summed E-state index contributed by atoms with van der Waals surface area (Å²) in [6, 6.07) is 10.7. The molecule has 0 radical (unpaired) electrons. The van der Waals surface area contributed by atoms with Crippen LogP contribution in [0.15, 0.2) is 42.5 Å². The monoisotopic (exact) mass is 320 g/mol. The number of hydrogen-bond acceptors (Lipinski definition) is 2. The molecule has 0 saturated heterocycles. The van der Waals surface area contributed by atoms with Crippen molar-refractivity contribution < 1.29 is 14.3 Å². The normalized spacial score (nSPS) is 19.6. The van der Waals surface area contributed by atoms with Crippen molar-refractivity contribution in [3.8, 4) is 0 Å². The van der Waals surface area contributed by atoms with Crippen LogP contribution in [0.4, 0.5) is 14.9 Å². The number of carbonyl (C=O) groups is 1. The van der Waals surface area contributed by atoms with Crippen molar-refractivity contribution in [1.29, 1.82) is 0 Å². The van der Waals surface area contributed by atoms with Crippen molar-refractivity contribution in [1.82, 2.24) is 5.32 Å². The van der Waals surface area contributed by atoms with Crippen molar-refractivity contribution in [2.24, 2.45) is 0 Å². The molecule has 0 unspecified atom stereocenters. The predicted molar refractivity (Wildman–Crippen MR) is 82.5 cm³/mol. The van der Waals surface area contributed by atoms with Crippen LogP contribution < -0.4 is 10.6 Å². The van der Waals surface area contributed by atoms with Crippen LogP contribution in [0.25, 0.3) is 0 Å². The minimum atomic E-state index is -0.702. The molecule has 4 nitrogen and oxygen atoms in total. The number of benzene rings is 2. The van der Waals surface area contributed by atoms with Gasteiger partial charge in [0.25, 0.3) is 0 Å². The average Bonchev–Trinajstić information content (AvgIpc) is 2.80. The van der Waals surface area contributed by atoms with E-state index in [2.05, 4.69) is 10.6 Å². The minimum Gasteiger partial charge on any atom is -0.390 e. The van der Waals surface area contributed by atoms with E-state index in [4.69, 9.17) is 11.6 Å². The molecule has 6 heteroatoms. The maximum atomic E-state index is 13.8. The summed E-state index contributed by atoms with van der Waals surface area (Å²) in [6.07, 6.45) is -0.223. The third-order valence-corrected chi connectivity index (χ3v) is 3.98. The lowest BCUT2D eigenvalue weighted by Gasteiger charge is -2.18. The molecule has 0 fully saturated rings. The number of rotatable bonds is 2. The third kappa shape index (κ3) is 2.77. The van der Waals surface area contributed by atoms with Gasteiger partial charge in [0.15, 0.2) is 5.82 Å². The van der Waals surface area contributed by atoms with E-state index in [1.807, 2.05) is 24.3 Å². The maximum absolute atomic E-state index is 13.8. The Morgan fingerprint density at radius 1 is 1.23 bits per heavy atom. The summed E-state index contributed by atoms with van der Waals surface area (Å²) in [5.41, 5.74) is 1.86. The molecule has 0 heterocycles. The summed E-state index contributed by atoms with van der Waals surface area (Å²) >= 11 is 5.67. The van der Waals surface area contributed by atoms with E-state index in [0.29, 0.717) is 6.42 Å². The van der Waals surface area contributed by atoms with Gasteiger partial charge in [0.05, 0.1) is 22.9 Å². The average molecular weight is 321 g/mol. The summed E-state index contributed by atoms with van der Waals surface area (Å²) in [6.45, 7) is 0. The first-order chi connectivity index (χ1) is 10.6. The number of aliphatic hydroxyl groups is 1. The first-order valence-electron chi connectivity index (χ1n) is 6.83. The number of amides is 2. The Kier molecular flexibility index (Phi) is 4.00. The van der Waals surface area contributed by atoms with E-state index < -0.39 is 24.0 Å². The standard InChI is InChI=1S/C16H14ClFN2O2/c17-11-6-3-7-12(14(11)18)19-16(22)20-15-10-5-2-1-4-9(10)8-13(15)21/h1-7,13,15,21H,8H2,(H2,19,20,22)/t13-,15+/m0/s1. The fourth-order valence-electron chi connectivity index (χ4n) is 2.65. The van der Waals surface area contributed by atoms with Gasteiger partial charge in [0.1, 0.15) is 0 Å². The molecule has 2 aromatic carbocycles. The largest absolute Gasteiger partial charge is 0.390 e. The lowest BCUT2D eigenvalue weighted by atomic mass is 10.1. The summed E-state index contributed by atoms with van der Waals surface area (Å²) < 4.78 is 13.8. The van der Waals surface area contributed by atoms with Gasteiger partial charge in [-0.05, 0) is 23.3 Å². The van der Waals surface area contributed by atoms with Gasteiger partial charge in [0.2, 0.25) is 0 Å². The fourth-order valence-corrected chi connectivity index (χ4v) is 2.82. The van der Waals surface area contributed by atoms with Gasteiger partial charge in [-0.2, -0.15) is 0 Å². The van der Waals surface area contributed by atoms with Crippen molar-refractivity contribution >= 4 is 23.3 Å². The van der Waals surface area contributed by atoms with Gasteiger partial charge in [-0.1, -0.05) is 41.9 Å². The molecule has 0 bridgehead atoms. The zero-order chi connectivity index (χ0) is 15.7. The lowest BCUT2D eigenvalue weighted by molar-refractivity contribution is 0.144. The molecule has 1 aliphatic carbocycles. The maximum Gasteiger partial charge on any atom is 0.319 e. The Labute approximate surface area is 131 Å². The summed E-state index contributed by atoms with van der Waals surface area (Å²) in [5, 5.41) is 15.1. The van der Waals surface area contributed by atoms with E-state index >= 15 is 0 Å². The summed E-state index contributed by atoms with van der Waals surface area (Å²) in [4.78, 5) is 12.0. The number of anilines is 1. The van der Waals surface area contributed by atoms with Crippen molar-refractivity contribution in [3.05, 3.63) is 64.4 Å². The van der Waals surface area contributed by atoms with Crippen LogP contribution in [0, 0.1) is 5.82 Å². The van der Waals surface area contributed by atoms with Crippen LogP contribution in [-0.2, 0) is 6.42 Å². The highest BCUT2D eigenvalue weighted by molar-refractivity contribution is 6.31. The van der Waals surface area contributed by atoms with Gasteiger partial charge in [-0.3, -0.25) is 0 Å². The predicted octanol–water partition coefficient (Wildman–Crippen LogP) is 3.26. The zero-order valence-corrected chi connectivity index (χ0v) is 12.3. The number of carbonyl (C=O) groups excluding carboxylic acids is 1. The second-order valence-corrected chi connectivity index (χ2v) is 5.55. The van der Waals surface area contributed by atoms with Crippen LogP contribution in [0.1, 0.15) is 17.2 Å². The van der Waals surface area contributed by atoms with E-state index in [1.54, 1.807) is 6.07 Å². The molecule has 2 aromatic rings. The molecule has 0 saturated carbocycles. The molecule has 22 heavy (non-hydrogen) atoms. The molecule has 0 aromatic heterocycles. The Morgan fingerprint density at radius 3 is 2.82 bits per heavy atom. The highest BCUT2D eigenvalue weighted by Gasteiger charge is 2.31. The molecular weight excluding hydrogens is 307 g/mol. The minimum absolute atomic E-state index is 0.00854. The van der Waals surface area contributed by atoms with E-state index in [0.717, 1.165) is 11.1 Å². The fraction of sp³-hybridized carbons (Fsp3) is 0.188. The summed E-state index contributed by atoms with van der Waals surface area (Å²) in [7, 11) is 0. The molecule has 0 aliphatic heterocycles. The highest BCUT2D eigenvalue weighted by atomic mass is 35.5. The molecule has 1 aliphatic rings. The zero-order valence-electron chi connectivity index (χ0n) is 11.5. The van der Waals surface area contributed by atoms with Gasteiger partial charge in [-0.25, -0.2) is 9.18 Å². The van der Waals surface area contributed by atoms with Gasteiger partial charge in [0, 0.05) is 6.42 Å². The Morgan fingerprint density at radius 2 is 2.00 bits per heavy atom. The Bertz CT molecular complexity index is 723. The summed E-state index contributed by atoms with van der Waals surface area (Å²) in [5.74, 6) is -0.688. The number of urea groups is 1. The van der Waals surface area contributed by atoms with Crippen LogP contribution in [0.2, 0.25) is 5.02 Å². The van der Waals surface area contributed by atoms with Crippen LogP contribution >= 0.6 is 11.6 Å². The van der Waals surface area contributed by atoms with Gasteiger partial charge in [-0.15, -0.1) is 0 Å². The van der Waals surface area contributed by atoms with Gasteiger partial charge < -0.3 is 15.7 Å². The first kappa shape index (κ1) is 14.8. The molecule has 114 valence electrons. The number of aliphatic hydroxyl groups excluding tert-OH is 1. The number of fused-ring (bicyclic) bond motifs is 1. The second kappa shape index (κ2) is 5.94. The molecule has 2 amide bonds. The molecule has 3 N–H and O–H groups in total. The SMILES string of the molecule is O=C(Nc1cccc(Cl)c1F)N[C@@H]1c2ccccc2C[C@@H]1O. The Hall–Kier alpha value is -2.11. The topological polar surface area (TPSA) is 61.4 Å². The van der Waals surface area contributed by atoms with E-state index in [1.165, 1.54) is 12.1 Å². The van der Waals surface area contributed by atoms with Crippen LogP contribution in [0.3, 0.4) is 0 Å². The second-order valence-electron chi connectivity index (χ2n) is 5.15. The number of nitrogens with one attached hydrogen (secondary N) is 2. The van der Waals surface area contributed by atoms with Crippen molar-refractivity contribution in [2.75, 3.05) is 5.32 Å². The van der Waals surface area contributed by atoms with Crippen molar-refractivity contribution in [3.63, 3.8) is 0 Å². The molecule has 2 atom stereocenters. The number of hydrogen-bond donors (Lipinski definition) is 3. The van der Waals surface area contributed by atoms with Crippen LogP contribution in [-0.4, -0.2) is 17.2 Å². The quantitative estimate of drug-likeness (QED) is 0.795. The van der Waals surface area contributed by atoms with Crippen molar-refractivity contribution in [2.45, 2.75) is 18.6 Å². The molecular formula is C16H14ClFN2O2. The highest BCUT2D eigenvalue weighted by Crippen LogP contribution is 2.31. The van der Waals surface area contributed by atoms with Crippen LogP contribution in [0.5, 0.6) is 0 Å². The van der Waals surface area contributed by atoms with Gasteiger partial charge >= 0.3 is 6.03 Å². The first-order valence-corrected chi connectivity index (χ1v) is 7.21. The molecule has 0 spiro atoms. The van der Waals surface area contributed by atoms with E-state index in [-0.39, 0.29) is 10.7 Å². The Balaban J connectivity index is 1.74. The number of halogens is 2.